The van der Waals surface area contributed by atoms with Gasteiger partial charge >= 0.3 is 11.9 Å². The number of aliphatic hydroxyl groups excluding tert-OH is 2. The Bertz CT molecular complexity index is 1020. The maximum atomic E-state index is 12.4. The Morgan fingerprint density at radius 2 is 1.77 bits per heavy atom. The van der Waals surface area contributed by atoms with E-state index in [9.17, 15) is 24.9 Å². The number of aliphatic hydroxyl groups is 2. The minimum Gasteiger partial charge on any atom is -0.497 e. The summed E-state index contributed by atoms with van der Waals surface area (Å²) in [5, 5.41) is 31.2. The Hall–Kier alpha value is -2.91. The van der Waals surface area contributed by atoms with E-state index in [0.29, 0.717) is 23.6 Å². The zero-order valence-electron chi connectivity index (χ0n) is 19.3. The molecule has 8 nitrogen and oxygen atoms in total. The molecule has 2 aromatic carbocycles. The number of benzene rings is 2. The summed E-state index contributed by atoms with van der Waals surface area (Å²) in [7, 11) is 1.55. The fourth-order valence-corrected chi connectivity index (χ4v) is 4.09. The first-order valence-corrected chi connectivity index (χ1v) is 11.6. The van der Waals surface area contributed by atoms with Crippen LogP contribution >= 0.6 is 11.6 Å². The zero-order valence-corrected chi connectivity index (χ0v) is 20.1. The Morgan fingerprint density at radius 3 is 2.40 bits per heavy atom. The lowest BCUT2D eigenvalue weighted by atomic mass is 9.79. The summed E-state index contributed by atoms with van der Waals surface area (Å²) in [6.07, 6.45) is -0.853. The van der Waals surface area contributed by atoms with Crippen molar-refractivity contribution in [3.8, 4) is 5.75 Å². The van der Waals surface area contributed by atoms with Crippen LogP contribution in [0.1, 0.15) is 30.4 Å². The Kier molecular flexibility index (Phi) is 9.28. The molecule has 1 saturated carbocycles. The van der Waals surface area contributed by atoms with Gasteiger partial charge in [-0.1, -0.05) is 35.9 Å². The SMILES string of the molecule is COc1ccc(C=CC(=O)O[C@@H]2C[C@](OCCCc3ccc(Cl)cc3)(C(=O)O)C[C@H](O)[C@H]2O)cc1. The van der Waals surface area contributed by atoms with Gasteiger partial charge in [-0.2, -0.15) is 0 Å². The van der Waals surface area contributed by atoms with E-state index in [1.165, 1.54) is 12.2 Å². The largest absolute Gasteiger partial charge is 0.497 e. The van der Waals surface area contributed by atoms with Crippen LogP contribution in [-0.4, -0.2) is 64.9 Å². The molecular weight excluding hydrogens is 476 g/mol. The standard InChI is InChI=1S/C26H29ClO8/c1-33-20-11-6-18(7-12-20)8-13-23(29)35-22-16-26(25(31)32,15-21(28)24(22)30)34-14-2-3-17-4-9-19(27)10-5-17/h4-13,21-22,24,28,30H,2-3,14-16H2,1H3,(H,31,32)/t21-,22+,24+,26-/m0/s1. The lowest BCUT2D eigenvalue weighted by Crippen LogP contribution is -2.58. The van der Waals surface area contributed by atoms with Gasteiger partial charge in [0.15, 0.2) is 5.60 Å². The van der Waals surface area contributed by atoms with E-state index in [4.69, 9.17) is 25.8 Å². The first-order chi connectivity index (χ1) is 16.7. The van der Waals surface area contributed by atoms with E-state index >= 15 is 0 Å². The van der Waals surface area contributed by atoms with Gasteiger partial charge in [-0.15, -0.1) is 0 Å². The van der Waals surface area contributed by atoms with Gasteiger partial charge < -0.3 is 29.5 Å². The van der Waals surface area contributed by atoms with E-state index in [1.807, 2.05) is 12.1 Å². The van der Waals surface area contributed by atoms with Gasteiger partial charge in [-0.25, -0.2) is 9.59 Å². The van der Waals surface area contributed by atoms with Crippen LogP contribution in [0.5, 0.6) is 5.75 Å². The van der Waals surface area contributed by atoms with Crippen molar-refractivity contribution in [2.75, 3.05) is 13.7 Å². The second-order valence-electron chi connectivity index (χ2n) is 8.43. The van der Waals surface area contributed by atoms with Crippen LogP contribution in [-0.2, 0) is 25.5 Å². The molecule has 3 rings (SSSR count). The van der Waals surface area contributed by atoms with Crippen molar-refractivity contribution in [2.45, 2.75) is 49.6 Å². The van der Waals surface area contributed by atoms with Crippen LogP contribution in [0.25, 0.3) is 6.08 Å². The summed E-state index contributed by atoms with van der Waals surface area (Å²) in [5.74, 6) is -1.40. The maximum Gasteiger partial charge on any atom is 0.336 e. The van der Waals surface area contributed by atoms with Crippen molar-refractivity contribution in [1.82, 2.24) is 0 Å². The minimum atomic E-state index is -1.79. The highest BCUT2D eigenvalue weighted by molar-refractivity contribution is 6.30. The van der Waals surface area contributed by atoms with Crippen molar-refractivity contribution in [3.05, 3.63) is 70.8 Å². The number of carboxylic acid groups (broad SMARTS) is 1. The molecule has 1 aliphatic rings. The van der Waals surface area contributed by atoms with E-state index in [0.717, 1.165) is 11.1 Å². The normalized spacial score (nSPS) is 24.3. The molecule has 0 saturated heterocycles. The number of halogens is 1. The van der Waals surface area contributed by atoms with Crippen LogP contribution in [0.4, 0.5) is 0 Å². The summed E-state index contributed by atoms with van der Waals surface area (Å²) in [6.45, 7) is 0.107. The molecule has 0 radical (unpaired) electrons. The van der Waals surface area contributed by atoms with Gasteiger partial charge in [0.2, 0.25) is 0 Å². The molecule has 2 aromatic rings. The van der Waals surface area contributed by atoms with Gasteiger partial charge in [-0.3, -0.25) is 0 Å². The molecule has 0 amide bonds. The summed E-state index contributed by atoms with van der Waals surface area (Å²) >= 11 is 5.89. The third-order valence-corrected chi connectivity index (χ3v) is 6.18. The zero-order chi connectivity index (χ0) is 25.4. The second-order valence-corrected chi connectivity index (χ2v) is 8.86. The first-order valence-electron chi connectivity index (χ1n) is 11.2. The molecule has 0 aliphatic heterocycles. The third kappa shape index (κ3) is 7.29. The number of ether oxygens (including phenoxy) is 3. The molecule has 0 unspecified atom stereocenters. The minimum absolute atomic E-state index is 0.107. The lowest BCUT2D eigenvalue weighted by Gasteiger charge is -2.41. The smallest absolute Gasteiger partial charge is 0.336 e. The number of rotatable bonds is 10. The number of hydrogen-bond donors (Lipinski definition) is 3. The highest BCUT2D eigenvalue weighted by atomic mass is 35.5. The Labute approximate surface area is 208 Å². The van der Waals surface area contributed by atoms with Crippen molar-refractivity contribution in [3.63, 3.8) is 0 Å². The molecule has 0 aromatic heterocycles. The average Bonchev–Trinajstić information content (AvgIpc) is 2.85. The predicted octanol–water partition coefficient (Wildman–Crippen LogP) is 3.26. The fourth-order valence-electron chi connectivity index (χ4n) is 3.96. The number of esters is 1. The number of carbonyl (C=O) groups is 2. The lowest BCUT2D eigenvalue weighted by molar-refractivity contribution is -0.207. The van der Waals surface area contributed by atoms with Gasteiger partial charge in [0.1, 0.15) is 18.0 Å². The molecule has 1 aliphatic carbocycles. The topological polar surface area (TPSA) is 123 Å². The molecule has 3 N–H and O–H groups in total. The molecule has 9 heteroatoms. The van der Waals surface area contributed by atoms with E-state index in [-0.39, 0.29) is 19.4 Å². The highest BCUT2D eigenvalue weighted by Gasteiger charge is 2.52. The first kappa shape index (κ1) is 26.7. The number of methoxy groups -OCH3 is 1. The van der Waals surface area contributed by atoms with Crippen molar-refractivity contribution >= 4 is 29.6 Å². The van der Waals surface area contributed by atoms with E-state index in [1.54, 1.807) is 43.5 Å². The number of aliphatic carboxylic acids is 1. The fraction of sp³-hybridized carbons (Fsp3) is 0.385. The van der Waals surface area contributed by atoms with Gasteiger partial charge in [0.25, 0.3) is 0 Å². The Balaban J connectivity index is 1.60. The van der Waals surface area contributed by atoms with Crippen LogP contribution < -0.4 is 4.74 Å². The molecule has 188 valence electrons. The quantitative estimate of drug-likeness (QED) is 0.256. The molecule has 4 atom stereocenters. The van der Waals surface area contributed by atoms with Gasteiger partial charge in [0.05, 0.1) is 13.2 Å². The summed E-state index contributed by atoms with van der Waals surface area (Å²) in [5.41, 5.74) is -0.0451. The van der Waals surface area contributed by atoms with E-state index in [2.05, 4.69) is 0 Å². The predicted molar refractivity (Wildman–Crippen MR) is 129 cm³/mol. The molecule has 0 heterocycles. The van der Waals surface area contributed by atoms with Gasteiger partial charge in [0, 0.05) is 30.5 Å². The third-order valence-electron chi connectivity index (χ3n) is 5.93. The summed E-state index contributed by atoms with van der Waals surface area (Å²) < 4.78 is 16.1. The number of aryl methyl sites for hydroxylation is 1. The average molecular weight is 505 g/mol. The number of carboxylic acids is 1. The number of carbonyl (C=O) groups excluding carboxylic acids is 1. The summed E-state index contributed by atoms with van der Waals surface area (Å²) in [4.78, 5) is 24.5. The monoisotopic (exact) mass is 504 g/mol. The molecule has 35 heavy (non-hydrogen) atoms. The van der Waals surface area contributed by atoms with Crippen molar-refractivity contribution in [1.29, 1.82) is 0 Å². The van der Waals surface area contributed by atoms with Crippen LogP contribution in [0.2, 0.25) is 5.02 Å². The highest BCUT2D eigenvalue weighted by Crippen LogP contribution is 2.35. The second kappa shape index (κ2) is 12.2. The maximum absolute atomic E-state index is 12.4. The van der Waals surface area contributed by atoms with Gasteiger partial charge in [-0.05, 0) is 54.3 Å². The van der Waals surface area contributed by atoms with Crippen LogP contribution in [0, 0.1) is 0 Å². The van der Waals surface area contributed by atoms with E-state index < -0.39 is 35.9 Å². The summed E-state index contributed by atoms with van der Waals surface area (Å²) in [6, 6.07) is 14.3. The molecule has 0 spiro atoms. The van der Waals surface area contributed by atoms with Crippen LogP contribution in [0.3, 0.4) is 0 Å². The molecule has 1 fully saturated rings. The Morgan fingerprint density at radius 1 is 1.09 bits per heavy atom. The molecule has 0 bridgehead atoms. The van der Waals surface area contributed by atoms with Crippen molar-refractivity contribution < 1.29 is 39.1 Å². The van der Waals surface area contributed by atoms with Crippen molar-refractivity contribution in [2.24, 2.45) is 0 Å². The molecular formula is C26H29ClO8. The number of hydrogen-bond acceptors (Lipinski definition) is 7. The van der Waals surface area contributed by atoms with Crippen LogP contribution in [0.15, 0.2) is 54.6 Å².